The number of aryl methyl sites for hydroxylation is 1. The Balaban J connectivity index is 1.35. The topological polar surface area (TPSA) is 79.1 Å². The summed E-state index contributed by atoms with van der Waals surface area (Å²) in [5.74, 6) is 0.737. The summed E-state index contributed by atoms with van der Waals surface area (Å²) in [5, 5.41) is 16.7. The van der Waals surface area contributed by atoms with Gasteiger partial charge < -0.3 is 19.9 Å². The number of nitrogens with one attached hydrogen (secondary N) is 2. The molecule has 0 atom stereocenters. The highest BCUT2D eigenvalue weighted by atomic mass is 16.5. The van der Waals surface area contributed by atoms with Gasteiger partial charge in [-0.3, -0.25) is 0 Å². The van der Waals surface area contributed by atoms with Gasteiger partial charge in [0, 0.05) is 34.9 Å². The molecule has 0 aliphatic heterocycles. The fourth-order valence-corrected chi connectivity index (χ4v) is 4.77. The quantitative estimate of drug-likeness (QED) is 0.244. The van der Waals surface area contributed by atoms with Gasteiger partial charge in [0.1, 0.15) is 11.8 Å². The predicted molar refractivity (Wildman–Crippen MR) is 153 cm³/mol. The summed E-state index contributed by atoms with van der Waals surface area (Å²) in [4.78, 5) is 12.8. The molecule has 2 N–H and O–H groups in total. The van der Waals surface area contributed by atoms with Crippen molar-refractivity contribution in [3.8, 4) is 23.1 Å². The number of urea groups is 1. The van der Waals surface area contributed by atoms with Crippen LogP contribution in [0.1, 0.15) is 23.6 Å². The van der Waals surface area contributed by atoms with Crippen molar-refractivity contribution in [3.63, 3.8) is 0 Å². The van der Waals surface area contributed by atoms with Crippen LogP contribution < -0.4 is 15.4 Å². The van der Waals surface area contributed by atoms with Gasteiger partial charge in [-0.25, -0.2) is 4.79 Å². The van der Waals surface area contributed by atoms with Gasteiger partial charge in [-0.1, -0.05) is 54.6 Å². The molecule has 6 nitrogen and oxygen atoms in total. The predicted octanol–water partition coefficient (Wildman–Crippen LogP) is 7.44. The summed E-state index contributed by atoms with van der Waals surface area (Å²) in [6, 6.07) is 33.5. The van der Waals surface area contributed by atoms with Gasteiger partial charge in [0.2, 0.25) is 0 Å². The van der Waals surface area contributed by atoms with Crippen LogP contribution in [0.15, 0.2) is 97.1 Å². The second-order valence-corrected chi connectivity index (χ2v) is 8.98. The summed E-state index contributed by atoms with van der Waals surface area (Å²) in [5.41, 5.74) is 6.96. The van der Waals surface area contributed by atoms with Crippen molar-refractivity contribution in [1.29, 1.82) is 5.26 Å². The highest BCUT2D eigenvalue weighted by Crippen LogP contribution is 2.36. The highest BCUT2D eigenvalue weighted by Gasteiger charge is 2.19. The Labute approximate surface area is 222 Å². The molecule has 5 aromatic rings. The van der Waals surface area contributed by atoms with E-state index in [0.717, 1.165) is 34.3 Å². The molecule has 0 radical (unpaired) electrons. The van der Waals surface area contributed by atoms with Crippen molar-refractivity contribution in [3.05, 3.63) is 114 Å². The number of fused-ring (bicyclic) bond motifs is 1. The zero-order valence-corrected chi connectivity index (χ0v) is 21.4. The molecular weight excluding hydrogens is 472 g/mol. The molecule has 0 bridgehead atoms. The van der Waals surface area contributed by atoms with Crippen LogP contribution in [0.5, 0.6) is 5.75 Å². The Hall–Kier alpha value is -5.02. The molecule has 1 heterocycles. The van der Waals surface area contributed by atoms with Crippen LogP contribution in [-0.2, 0) is 13.0 Å². The first-order valence-corrected chi connectivity index (χ1v) is 12.5. The lowest BCUT2D eigenvalue weighted by molar-refractivity contribution is 0.262. The second kappa shape index (κ2) is 10.9. The summed E-state index contributed by atoms with van der Waals surface area (Å²) in [6.45, 7) is 2.73. The van der Waals surface area contributed by atoms with E-state index < -0.39 is 0 Å². The lowest BCUT2D eigenvalue weighted by atomic mass is 10.0. The van der Waals surface area contributed by atoms with Crippen LogP contribution in [-0.4, -0.2) is 17.7 Å². The van der Waals surface area contributed by atoms with Crippen LogP contribution >= 0.6 is 0 Å². The number of nitriles is 1. The Morgan fingerprint density at radius 3 is 2.32 bits per heavy atom. The number of benzene rings is 4. The molecule has 4 aromatic carbocycles. The van der Waals surface area contributed by atoms with Crippen molar-refractivity contribution in [2.24, 2.45) is 0 Å². The Morgan fingerprint density at radius 1 is 0.868 bits per heavy atom. The van der Waals surface area contributed by atoms with E-state index >= 15 is 0 Å². The molecule has 38 heavy (non-hydrogen) atoms. The van der Waals surface area contributed by atoms with Crippen LogP contribution in [0.25, 0.3) is 22.2 Å². The standard InChI is InChI=1S/C32H28N4O2/c1-3-36-30-20-27(38-2)16-17-28(30)29(21-33)31(36)24-10-7-11-26(19-24)35-32(37)34-25-14-12-23(13-15-25)18-22-8-5-4-6-9-22/h4-17,19-20H,3,18H2,1-2H3,(H2,34,35,37). The van der Waals surface area contributed by atoms with Crippen LogP contribution in [0.3, 0.4) is 0 Å². The highest BCUT2D eigenvalue weighted by molar-refractivity contribution is 6.01. The fourth-order valence-electron chi connectivity index (χ4n) is 4.77. The molecule has 6 heteroatoms. The number of hydrogen-bond acceptors (Lipinski definition) is 3. The number of methoxy groups -OCH3 is 1. The van der Waals surface area contributed by atoms with E-state index in [0.29, 0.717) is 23.5 Å². The van der Waals surface area contributed by atoms with Crippen LogP contribution in [0, 0.1) is 11.3 Å². The number of aromatic nitrogens is 1. The molecule has 5 rings (SSSR count). The van der Waals surface area contributed by atoms with E-state index in [2.05, 4.69) is 33.4 Å². The first-order chi connectivity index (χ1) is 18.6. The van der Waals surface area contributed by atoms with Gasteiger partial charge in [-0.2, -0.15) is 5.26 Å². The molecule has 0 spiro atoms. The van der Waals surface area contributed by atoms with E-state index in [9.17, 15) is 10.1 Å². The summed E-state index contributed by atoms with van der Waals surface area (Å²) in [6.07, 6.45) is 0.839. The third-order valence-corrected chi connectivity index (χ3v) is 6.56. The SMILES string of the molecule is CCn1c(-c2cccc(NC(=O)Nc3ccc(Cc4ccccc4)cc3)c2)c(C#N)c2ccc(OC)cc21. The van der Waals surface area contributed by atoms with Crippen molar-refractivity contribution in [2.45, 2.75) is 19.9 Å². The van der Waals surface area contributed by atoms with Crippen molar-refractivity contribution in [1.82, 2.24) is 4.57 Å². The largest absolute Gasteiger partial charge is 0.497 e. The average Bonchev–Trinajstić information content (AvgIpc) is 3.27. The Morgan fingerprint density at radius 2 is 1.61 bits per heavy atom. The first-order valence-electron chi connectivity index (χ1n) is 12.5. The number of anilines is 2. The smallest absolute Gasteiger partial charge is 0.323 e. The van der Waals surface area contributed by atoms with E-state index in [-0.39, 0.29) is 6.03 Å². The van der Waals surface area contributed by atoms with Crippen molar-refractivity contribution < 1.29 is 9.53 Å². The summed E-state index contributed by atoms with van der Waals surface area (Å²) < 4.78 is 7.51. The second-order valence-electron chi connectivity index (χ2n) is 8.98. The number of amides is 2. The maximum Gasteiger partial charge on any atom is 0.323 e. The summed E-state index contributed by atoms with van der Waals surface area (Å²) in [7, 11) is 1.63. The molecule has 0 saturated carbocycles. The lowest BCUT2D eigenvalue weighted by Gasteiger charge is -2.12. The van der Waals surface area contributed by atoms with Gasteiger partial charge in [-0.15, -0.1) is 0 Å². The number of carbonyl (C=O) groups excluding carboxylic acids is 1. The molecular formula is C32H28N4O2. The number of hydrogen-bond donors (Lipinski definition) is 2. The molecule has 0 fully saturated rings. The Kier molecular flexibility index (Phi) is 7.10. The number of ether oxygens (including phenoxy) is 1. The third-order valence-electron chi connectivity index (χ3n) is 6.56. The zero-order chi connectivity index (χ0) is 26.5. The van der Waals surface area contributed by atoms with Crippen LogP contribution in [0.4, 0.5) is 16.2 Å². The maximum atomic E-state index is 12.8. The Bertz CT molecular complexity index is 1630. The molecule has 0 aliphatic carbocycles. The van der Waals surface area contributed by atoms with Crippen molar-refractivity contribution in [2.75, 3.05) is 17.7 Å². The minimum atomic E-state index is -0.334. The average molecular weight is 501 g/mol. The summed E-state index contributed by atoms with van der Waals surface area (Å²) >= 11 is 0. The lowest BCUT2D eigenvalue weighted by Crippen LogP contribution is -2.19. The third kappa shape index (κ3) is 5.09. The molecule has 1 aromatic heterocycles. The van der Waals surface area contributed by atoms with Gasteiger partial charge in [0.05, 0.1) is 23.9 Å². The number of carbonyl (C=O) groups is 1. The van der Waals surface area contributed by atoms with Crippen molar-refractivity contribution >= 4 is 28.3 Å². The fraction of sp³-hybridized carbons (Fsp3) is 0.125. The number of rotatable bonds is 7. The molecule has 188 valence electrons. The zero-order valence-electron chi connectivity index (χ0n) is 21.4. The van der Waals surface area contributed by atoms with Gasteiger partial charge in [-0.05, 0) is 60.9 Å². The molecule has 0 aliphatic rings. The van der Waals surface area contributed by atoms with E-state index in [1.54, 1.807) is 7.11 Å². The monoisotopic (exact) mass is 500 g/mol. The van der Waals surface area contributed by atoms with Gasteiger partial charge in [0.15, 0.2) is 0 Å². The first kappa shape index (κ1) is 24.7. The van der Waals surface area contributed by atoms with E-state index in [4.69, 9.17) is 4.74 Å². The van der Waals surface area contributed by atoms with Crippen LogP contribution in [0.2, 0.25) is 0 Å². The van der Waals surface area contributed by atoms with E-state index in [1.807, 2.05) is 91.9 Å². The number of nitrogens with zero attached hydrogens (tertiary/aromatic N) is 2. The molecule has 0 unspecified atom stereocenters. The minimum absolute atomic E-state index is 0.334. The van der Waals surface area contributed by atoms with Gasteiger partial charge >= 0.3 is 6.03 Å². The normalized spacial score (nSPS) is 10.7. The maximum absolute atomic E-state index is 12.8. The van der Waals surface area contributed by atoms with Gasteiger partial charge in [0.25, 0.3) is 0 Å². The van der Waals surface area contributed by atoms with E-state index in [1.165, 1.54) is 11.1 Å². The molecule has 2 amide bonds. The minimum Gasteiger partial charge on any atom is -0.497 e. The molecule has 0 saturated heterocycles.